The van der Waals surface area contributed by atoms with Crippen LogP contribution in [-0.2, 0) is 24.3 Å². The van der Waals surface area contributed by atoms with Crippen molar-refractivity contribution in [3.63, 3.8) is 0 Å². The molecule has 168 valence electrons. The summed E-state index contributed by atoms with van der Waals surface area (Å²) in [6, 6.07) is 15.8. The Morgan fingerprint density at radius 1 is 1.06 bits per heavy atom. The molecule has 0 atom stereocenters. The number of fused-ring (bicyclic) bond motifs is 2. The second-order valence-electron chi connectivity index (χ2n) is 7.90. The van der Waals surface area contributed by atoms with Gasteiger partial charge in [-0.1, -0.05) is 18.2 Å². The molecular weight excluding hydrogens is 423 g/mol. The minimum Gasteiger partial charge on any atom is -0.454 e. The van der Waals surface area contributed by atoms with Gasteiger partial charge >= 0.3 is 0 Å². The lowest BCUT2D eigenvalue weighted by molar-refractivity contribution is -0.121. The number of amides is 1. The zero-order valence-corrected chi connectivity index (χ0v) is 18.0. The lowest BCUT2D eigenvalue weighted by atomic mass is 10.2. The molecule has 0 aliphatic carbocycles. The Balaban J connectivity index is 1.20. The van der Waals surface area contributed by atoms with Crippen LogP contribution in [0, 0.1) is 5.82 Å². The molecule has 1 aliphatic heterocycles. The van der Waals surface area contributed by atoms with Gasteiger partial charge in [0.2, 0.25) is 12.7 Å². The molecule has 1 amide bonds. The predicted octanol–water partition coefficient (Wildman–Crippen LogP) is 3.99. The zero-order valence-electron chi connectivity index (χ0n) is 18.0. The normalized spacial score (nSPS) is 12.3. The van der Waals surface area contributed by atoms with E-state index in [2.05, 4.69) is 10.3 Å². The summed E-state index contributed by atoms with van der Waals surface area (Å²) in [7, 11) is 0. The van der Waals surface area contributed by atoms with E-state index in [0.717, 1.165) is 33.9 Å². The van der Waals surface area contributed by atoms with Crippen LogP contribution in [0.25, 0.3) is 11.2 Å². The minimum atomic E-state index is -0.264. The molecule has 1 N–H and O–H groups in total. The monoisotopic (exact) mass is 446 g/mol. The van der Waals surface area contributed by atoms with E-state index in [1.54, 1.807) is 18.3 Å². The molecule has 2 aromatic carbocycles. The van der Waals surface area contributed by atoms with Crippen LogP contribution in [0.4, 0.5) is 4.39 Å². The Labute approximate surface area is 190 Å². The Kier molecular flexibility index (Phi) is 5.89. The number of hydrogen-bond acceptors (Lipinski definition) is 5. The third kappa shape index (κ3) is 4.79. The smallest absolute Gasteiger partial charge is 0.231 e. The largest absolute Gasteiger partial charge is 0.454 e. The number of benzene rings is 2. The number of carbonyl (C=O) groups excluding carboxylic acids is 1. The van der Waals surface area contributed by atoms with E-state index < -0.39 is 0 Å². The van der Waals surface area contributed by atoms with Gasteiger partial charge in [0.15, 0.2) is 17.1 Å². The third-order valence-electron chi connectivity index (χ3n) is 5.57. The fourth-order valence-electron chi connectivity index (χ4n) is 3.88. The molecule has 5 rings (SSSR count). The van der Waals surface area contributed by atoms with Crippen LogP contribution in [0.1, 0.15) is 29.8 Å². The Hall–Kier alpha value is -3.94. The summed E-state index contributed by atoms with van der Waals surface area (Å²) in [5.41, 5.74) is 3.51. The molecule has 3 heterocycles. The van der Waals surface area contributed by atoms with Crippen LogP contribution >= 0.6 is 0 Å². The number of hydrogen-bond donors (Lipinski definition) is 1. The van der Waals surface area contributed by atoms with Crippen LogP contribution in [0.3, 0.4) is 0 Å². The number of aryl methyl sites for hydroxylation is 1. The van der Waals surface area contributed by atoms with Crippen molar-refractivity contribution in [2.45, 2.75) is 32.4 Å². The van der Waals surface area contributed by atoms with Crippen molar-refractivity contribution in [1.29, 1.82) is 0 Å². The fourth-order valence-corrected chi connectivity index (χ4v) is 3.88. The molecule has 0 fully saturated rings. The average Bonchev–Trinajstić information content (AvgIpc) is 3.43. The van der Waals surface area contributed by atoms with Gasteiger partial charge in [-0.2, -0.15) is 0 Å². The highest BCUT2D eigenvalue weighted by molar-refractivity contribution is 5.76. The van der Waals surface area contributed by atoms with E-state index in [0.29, 0.717) is 38.1 Å². The number of ether oxygens (including phenoxy) is 2. The summed E-state index contributed by atoms with van der Waals surface area (Å²) in [4.78, 5) is 21.6. The SMILES string of the molecule is O=C(CCCc1nc2cccnc2n1Cc1ccc(F)cc1)NCc1ccc2c(c1)OCO2. The maximum absolute atomic E-state index is 13.3. The summed E-state index contributed by atoms with van der Waals surface area (Å²) in [5.74, 6) is 2.00. The number of nitrogens with zero attached hydrogens (tertiary/aromatic N) is 3. The molecule has 0 saturated heterocycles. The Morgan fingerprint density at radius 3 is 2.76 bits per heavy atom. The first-order chi connectivity index (χ1) is 16.2. The summed E-state index contributed by atoms with van der Waals surface area (Å²) in [6.07, 6.45) is 3.41. The lowest BCUT2D eigenvalue weighted by Gasteiger charge is -2.09. The van der Waals surface area contributed by atoms with Gasteiger partial charge < -0.3 is 19.4 Å². The number of carbonyl (C=O) groups is 1. The molecule has 0 unspecified atom stereocenters. The van der Waals surface area contributed by atoms with Crippen LogP contribution < -0.4 is 14.8 Å². The number of aromatic nitrogens is 3. The predicted molar refractivity (Wildman–Crippen MR) is 120 cm³/mol. The quantitative estimate of drug-likeness (QED) is 0.443. The second-order valence-corrected chi connectivity index (χ2v) is 7.90. The Morgan fingerprint density at radius 2 is 1.88 bits per heavy atom. The molecule has 0 spiro atoms. The number of halogens is 1. The van der Waals surface area contributed by atoms with Crippen LogP contribution in [0.5, 0.6) is 11.5 Å². The van der Waals surface area contributed by atoms with Gasteiger partial charge in [-0.25, -0.2) is 14.4 Å². The third-order valence-corrected chi connectivity index (χ3v) is 5.57. The highest BCUT2D eigenvalue weighted by Gasteiger charge is 2.15. The van der Waals surface area contributed by atoms with E-state index >= 15 is 0 Å². The van der Waals surface area contributed by atoms with Crippen molar-refractivity contribution in [1.82, 2.24) is 19.9 Å². The summed E-state index contributed by atoms with van der Waals surface area (Å²) < 4.78 is 26.0. The van der Waals surface area contributed by atoms with Crippen molar-refractivity contribution in [3.05, 3.63) is 83.6 Å². The van der Waals surface area contributed by atoms with Crippen LogP contribution in [0.2, 0.25) is 0 Å². The van der Waals surface area contributed by atoms with Crippen molar-refractivity contribution in [2.24, 2.45) is 0 Å². The molecule has 1 aliphatic rings. The molecule has 0 radical (unpaired) electrons. The van der Waals surface area contributed by atoms with Gasteiger partial charge in [-0.3, -0.25) is 4.79 Å². The van der Waals surface area contributed by atoms with E-state index in [4.69, 9.17) is 14.5 Å². The van der Waals surface area contributed by atoms with E-state index in [9.17, 15) is 9.18 Å². The molecule has 0 saturated carbocycles. The Bertz CT molecular complexity index is 1290. The van der Waals surface area contributed by atoms with Crippen LogP contribution in [0.15, 0.2) is 60.8 Å². The first-order valence-electron chi connectivity index (χ1n) is 10.9. The zero-order chi connectivity index (χ0) is 22.6. The number of rotatable bonds is 8. The molecular formula is C25H23FN4O3. The summed E-state index contributed by atoms with van der Waals surface area (Å²) in [6.45, 7) is 1.20. The van der Waals surface area contributed by atoms with Crippen molar-refractivity contribution in [3.8, 4) is 11.5 Å². The highest BCUT2D eigenvalue weighted by Crippen LogP contribution is 2.32. The highest BCUT2D eigenvalue weighted by atomic mass is 19.1. The summed E-state index contributed by atoms with van der Waals surface area (Å²) >= 11 is 0. The standard InChI is InChI=1S/C25H23FN4O3/c26-19-9-6-17(7-10-19)15-30-23(29-20-3-2-12-27-25(20)30)4-1-5-24(31)28-14-18-8-11-21-22(13-18)33-16-32-21/h2-3,6-13H,1,4-5,14-16H2,(H,28,31). The molecule has 8 heteroatoms. The first kappa shape index (κ1) is 20.9. The second kappa shape index (κ2) is 9.28. The van der Waals surface area contributed by atoms with Crippen molar-refractivity contribution >= 4 is 17.1 Å². The lowest BCUT2D eigenvalue weighted by Crippen LogP contribution is -2.22. The van der Waals surface area contributed by atoms with Gasteiger partial charge in [0.25, 0.3) is 0 Å². The number of nitrogens with one attached hydrogen (secondary N) is 1. The molecule has 7 nitrogen and oxygen atoms in total. The fraction of sp³-hybridized carbons (Fsp3) is 0.240. The van der Waals surface area contributed by atoms with Crippen LogP contribution in [-0.4, -0.2) is 27.2 Å². The topological polar surface area (TPSA) is 78.3 Å². The van der Waals surface area contributed by atoms with Gasteiger partial charge in [0.1, 0.15) is 17.2 Å². The number of imidazole rings is 1. The molecule has 2 aromatic heterocycles. The molecule has 0 bridgehead atoms. The molecule has 33 heavy (non-hydrogen) atoms. The van der Waals surface area contributed by atoms with Gasteiger partial charge in [-0.15, -0.1) is 0 Å². The summed E-state index contributed by atoms with van der Waals surface area (Å²) in [5, 5.41) is 2.95. The minimum absolute atomic E-state index is 0.0213. The van der Waals surface area contributed by atoms with E-state index in [1.165, 1.54) is 12.1 Å². The first-order valence-corrected chi connectivity index (χ1v) is 10.9. The van der Waals surface area contributed by atoms with E-state index in [-0.39, 0.29) is 18.5 Å². The average molecular weight is 446 g/mol. The van der Waals surface area contributed by atoms with E-state index in [1.807, 2.05) is 34.9 Å². The maximum Gasteiger partial charge on any atom is 0.231 e. The molecule has 4 aromatic rings. The maximum atomic E-state index is 13.3. The van der Waals surface area contributed by atoms with Gasteiger partial charge in [-0.05, 0) is 53.9 Å². The van der Waals surface area contributed by atoms with Gasteiger partial charge in [0.05, 0.1) is 6.54 Å². The van der Waals surface area contributed by atoms with Crippen molar-refractivity contribution < 1.29 is 18.7 Å². The number of pyridine rings is 1. The van der Waals surface area contributed by atoms with Crippen molar-refractivity contribution in [2.75, 3.05) is 6.79 Å². The van der Waals surface area contributed by atoms with Gasteiger partial charge in [0, 0.05) is 25.6 Å².